The number of benzene rings is 2. The molecule has 87 valence electrons. The Morgan fingerprint density at radius 3 is 2.65 bits per heavy atom. The zero-order chi connectivity index (χ0) is 12.1. The second-order valence-electron chi connectivity index (χ2n) is 3.71. The van der Waals surface area contributed by atoms with Gasteiger partial charge in [0.2, 0.25) is 0 Å². The fraction of sp³-hybridized carbons (Fsp3) is 0.143. The van der Waals surface area contributed by atoms with E-state index in [0.717, 1.165) is 6.54 Å². The first-order valence-electron chi connectivity index (χ1n) is 5.36. The molecular weight excluding hydrogens is 237 g/mol. The van der Waals surface area contributed by atoms with E-state index in [4.69, 9.17) is 11.6 Å². The van der Waals surface area contributed by atoms with Crippen LogP contribution in [0.3, 0.4) is 0 Å². The van der Waals surface area contributed by atoms with Crippen molar-refractivity contribution in [2.45, 2.75) is 13.1 Å². The van der Waals surface area contributed by atoms with Crippen LogP contribution >= 0.6 is 11.6 Å². The summed E-state index contributed by atoms with van der Waals surface area (Å²) in [5.41, 5.74) is 1.84. The highest BCUT2D eigenvalue weighted by Crippen LogP contribution is 2.18. The van der Waals surface area contributed by atoms with Crippen LogP contribution in [0.15, 0.2) is 42.5 Å². The zero-order valence-electron chi connectivity index (χ0n) is 9.21. The Morgan fingerprint density at radius 1 is 1.12 bits per heavy atom. The minimum absolute atomic E-state index is 0.146. The number of hydrogen-bond acceptors (Lipinski definition) is 1. The van der Waals surface area contributed by atoms with E-state index >= 15 is 0 Å². The summed E-state index contributed by atoms with van der Waals surface area (Å²) in [5.74, 6) is -0.401. The summed E-state index contributed by atoms with van der Waals surface area (Å²) in [6.45, 7) is 1.23. The standard InChI is InChI=1S/C14H12ClFN/c15-14-12(7-4-8-13(14)16)10-17-9-11-5-2-1-3-6-11/h1-6,8,17H,9-10H2. The molecule has 2 aromatic carbocycles. The molecule has 2 aromatic rings. The Morgan fingerprint density at radius 2 is 1.88 bits per heavy atom. The third kappa shape index (κ3) is 3.29. The summed E-state index contributed by atoms with van der Waals surface area (Å²) in [4.78, 5) is 0. The molecule has 2 rings (SSSR count). The van der Waals surface area contributed by atoms with Crippen molar-refractivity contribution < 1.29 is 4.39 Å². The molecule has 0 saturated carbocycles. The van der Waals surface area contributed by atoms with Crippen molar-refractivity contribution in [3.8, 4) is 0 Å². The van der Waals surface area contributed by atoms with Gasteiger partial charge in [0.15, 0.2) is 0 Å². The molecule has 1 radical (unpaired) electrons. The molecule has 0 amide bonds. The molecule has 0 fully saturated rings. The van der Waals surface area contributed by atoms with E-state index in [1.54, 1.807) is 6.07 Å². The molecule has 0 bridgehead atoms. The number of halogens is 2. The van der Waals surface area contributed by atoms with E-state index < -0.39 is 5.82 Å². The lowest BCUT2D eigenvalue weighted by molar-refractivity contribution is 0.620. The van der Waals surface area contributed by atoms with Crippen LogP contribution in [0.5, 0.6) is 0 Å². The minimum Gasteiger partial charge on any atom is -0.309 e. The van der Waals surface area contributed by atoms with E-state index in [1.165, 1.54) is 11.6 Å². The molecular formula is C14H12ClFN. The van der Waals surface area contributed by atoms with Crippen LogP contribution in [0.1, 0.15) is 11.1 Å². The average Bonchev–Trinajstić information content (AvgIpc) is 2.36. The molecule has 3 heteroatoms. The van der Waals surface area contributed by atoms with Gasteiger partial charge in [-0.25, -0.2) is 4.39 Å². The maximum absolute atomic E-state index is 13.1. The predicted octanol–water partition coefficient (Wildman–Crippen LogP) is 3.57. The van der Waals surface area contributed by atoms with Gasteiger partial charge in [-0.2, -0.15) is 0 Å². The second-order valence-corrected chi connectivity index (χ2v) is 4.09. The predicted molar refractivity (Wildman–Crippen MR) is 67.2 cm³/mol. The molecule has 0 aliphatic heterocycles. The van der Waals surface area contributed by atoms with Gasteiger partial charge in [-0.05, 0) is 23.3 Å². The largest absolute Gasteiger partial charge is 0.309 e. The first-order chi connectivity index (χ1) is 8.27. The van der Waals surface area contributed by atoms with Crippen molar-refractivity contribution in [1.82, 2.24) is 5.32 Å². The van der Waals surface area contributed by atoms with Gasteiger partial charge in [-0.3, -0.25) is 0 Å². The number of hydrogen-bond donors (Lipinski definition) is 1. The second kappa shape index (κ2) is 5.80. The maximum Gasteiger partial charge on any atom is 0.142 e. The highest BCUT2D eigenvalue weighted by molar-refractivity contribution is 6.31. The fourth-order valence-electron chi connectivity index (χ4n) is 1.55. The van der Waals surface area contributed by atoms with Gasteiger partial charge >= 0.3 is 0 Å². The Kier molecular flexibility index (Phi) is 4.13. The molecule has 0 spiro atoms. The summed E-state index contributed by atoms with van der Waals surface area (Å²) in [6.07, 6.45) is 0. The van der Waals surface area contributed by atoms with Crippen molar-refractivity contribution in [1.29, 1.82) is 0 Å². The highest BCUT2D eigenvalue weighted by Gasteiger charge is 2.04. The van der Waals surface area contributed by atoms with E-state index in [-0.39, 0.29) is 5.02 Å². The first-order valence-corrected chi connectivity index (χ1v) is 5.74. The van der Waals surface area contributed by atoms with Gasteiger partial charge in [-0.15, -0.1) is 0 Å². The Hall–Kier alpha value is -1.38. The summed E-state index contributed by atoms with van der Waals surface area (Å²) >= 11 is 5.83. The average molecular weight is 249 g/mol. The SMILES string of the molecule is Fc1cc[c]c(CNCc2ccccc2)c1Cl. The van der Waals surface area contributed by atoms with Crippen LogP contribution in [-0.2, 0) is 13.1 Å². The lowest BCUT2D eigenvalue weighted by Crippen LogP contribution is -2.13. The molecule has 0 aromatic heterocycles. The highest BCUT2D eigenvalue weighted by atomic mass is 35.5. The van der Waals surface area contributed by atoms with Gasteiger partial charge in [-0.1, -0.05) is 48.0 Å². The van der Waals surface area contributed by atoms with E-state index in [9.17, 15) is 4.39 Å². The van der Waals surface area contributed by atoms with Gasteiger partial charge in [0, 0.05) is 13.1 Å². The Labute approximate surface area is 105 Å². The molecule has 17 heavy (non-hydrogen) atoms. The van der Waals surface area contributed by atoms with Crippen LogP contribution in [-0.4, -0.2) is 0 Å². The topological polar surface area (TPSA) is 12.0 Å². The third-order valence-corrected chi connectivity index (χ3v) is 2.84. The quantitative estimate of drug-likeness (QED) is 0.872. The Balaban J connectivity index is 1.93. The van der Waals surface area contributed by atoms with E-state index in [1.807, 2.05) is 30.3 Å². The molecule has 0 saturated heterocycles. The van der Waals surface area contributed by atoms with Crippen LogP contribution in [0.2, 0.25) is 5.02 Å². The summed E-state index contributed by atoms with van der Waals surface area (Å²) in [6, 6.07) is 15.8. The van der Waals surface area contributed by atoms with Gasteiger partial charge in [0.25, 0.3) is 0 Å². The van der Waals surface area contributed by atoms with Crippen LogP contribution in [0.25, 0.3) is 0 Å². The summed E-state index contributed by atoms with van der Waals surface area (Å²) in [5, 5.41) is 3.35. The lowest BCUT2D eigenvalue weighted by Gasteiger charge is -2.06. The molecule has 1 nitrogen and oxygen atoms in total. The van der Waals surface area contributed by atoms with Crippen LogP contribution < -0.4 is 5.32 Å². The van der Waals surface area contributed by atoms with Crippen molar-refractivity contribution in [2.75, 3.05) is 0 Å². The molecule has 0 unspecified atom stereocenters. The van der Waals surface area contributed by atoms with E-state index in [0.29, 0.717) is 12.1 Å². The monoisotopic (exact) mass is 248 g/mol. The molecule has 0 heterocycles. The van der Waals surface area contributed by atoms with Crippen molar-refractivity contribution >= 4 is 11.6 Å². The first kappa shape index (κ1) is 12.1. The molecule has 0 atom stereocenters. The molecule has 1 N–H and O–H groups in total. The number of nitrogens with one attached hydrogen (secondary N) is 1. The van der Waals surface area contributed by atoms with Crippen molar-refractivity contribution in [2.24, 2.45) is 0 Å². The van der Waals surface area contributed by atoms with Crippen LogP contribution in [0, 0.1) is 11.9 Å². The molecule has 0 aliphatic carbocycles. The zero-order valence-corrected chi connectivity index (χ0v) is 9.97. The summed E-state index contributed by atoms with van der Waals surface area (Å²) < 4.78 is 13.1. The smallest absolute Gasteiger partial charge is 0.142 e. The fourth-order valence-corrected chi connectivity index (χ4v) is 1.74. The van der Waals surface area contributed by atoms with Crippen molar-refractivity contribution in [3.63, 3.8) is 0 Å². The van der Waals surface area contributed by atoms with Gasteiger partial charge < -0.3 is 5.32 Å². The summed E-state index contributed by atoms with van der Waals surface area (Å²) in [7, 11) is 0. The lowest BCUT2D eigenvalue weighted by atomic mass is 10.2. The number of rotatable bonds is 4. The Bertz CT molecular complexity index is 485. The maximum atomic E-state index is 13.1. The molecule has 0 aliphatic rings. The van der Waals surface area contributed by atoms with Crippen molar-refractivity contribution in [3.05, 3.63) is 70.5 Å². The van der Waals surface area contributed by atoms with E-state index in [2.05, 4.69) is 11.4 Å². The van der Waals surface area contributed by atoms with Gasteiger partial charge in [0.1, 0.15) is 5.82 Å². The van der Waals surface area contributed by atoms with Gasteiger partial charge in [0.05, 0.1) is 5.02 Å². The van der Waals surface area contributed by atoms with Crippen LogP contribution in [0.4, 0.5) is 4.39 Å². The third-order valence-electron chi connectivity index (χ3n) is 2.44. The normalized spacial score (nSPS) is 10.5. The minimum atomic E-state index is -0.401.